The first kappa shape index (κ1) is 10.0. The Morgan fingerprint density at radius 3 is 2.67 bits per heavy atom. The van der Waals surface area contributed by atoms with Gasteiger partial charge in [0.1, 0.15) is 0 Å². The van der Waals surface area contributed by atoms with Crippen molar-refractivity contribution in [2.75, 3.05) is 0 Å². The van der Waals surface area contributed by atoms with Crippen molar-refractivity contribution in [1.29, 1.82) is 0 Å². The third-order valence-corrected chi connectivity index (χ3v) is 2.69. The van der Waals surface area contributed by atoms with Crippen LogP contribution >= 0.6 is 0 Å². The molecule has 0 saturated heterocycles. The molecule has 0 spiro atoms. The van der Waals surface area contributed by atoms with Gasteiger partial charge in [-0.05, 0) is 42.9 Å². The van der Waals surface area contributed by atoms with Crippen molar-refractivity contribution in [3.05, 3.63) is 59.4 Å². The fourth-order valence-corrected chi connectivity index (χ4v) is 1.82. The van der Waals surface area contributed by atoms with E-state index in [0.29, 0.717) is 0 Å². The van der Waals surface area contributed by atoms with Crippen molar-refractivity contribution in [3.8, 4) is 0 Å². The first-order valence-electron chi connectivity index (χ1n) is 5.54. The highest BCUT2D eigenvalue weighted by Crippen LogP contribution is 2.18. The van der Waals surface area contributed by atoms with Gasteiger partial charge in [-0.25, -0.2) is 0 Å². The average Bonchev–Trinajstić information content (AvgIpc) is 2.31. The lowest BCUT2D eigenvalue weighted by molar-refractivity contribution is 0.822. The van der Waals surface area contributed by atoms with Gasteiger partial charge in [0, 0.05) is 0 Å². The Balaban J connectivity index is 2.34. The molecule has 0 nitrogen and oxygen atoms in total. The van der Waals surface area contributed by atoms with Gasteiger partial charge in [0.2, 0.25) is 0 Å². The van der Waals surface area contributed by atoms with Crippen LogP contribution in [0.2, 0.25) is 0 Å². The highest BCUT2D eigenvalue weighted by Gasteiger charge is 1.98. The molecular weight excluding hydrogens is 180 g/mol. The number of hydrogen-bond donors (Lipinski definition) is 0. The van der Waals surface area contributed by atoms with Gasteiger partial charge in [0.15, 0.2) is 0 Å². The van der Waals surface area contributed by atoms with Gasteiger partial charge >= 0.3 is 0 Å². The third-order valence-electron chi connectivity index (χ3n) is 2.69. The molecular formula is C15H16. The van der Waals surface area contributed by atoms with Crippen LogP contribution in [-0.2, 0) is 0 Å². The van der Waals surface area contributed by atoms with E-state index in [1.54, 1.807) is 0 Å². The molecule has 0 heteroatoms. The second kappa shape index (κ2) is 4.82. The third kappa shape index (κ3) is 2.71. The van der Waals surface area contributed by atoms with Crippen LogP contribution < -0.4 is 0 Å². The van der Waals surface area contributed by atoms with Crippen molar-refractivity contribution in [2.45, 2.75) is 26.2 Å². The maximum absolute atomic E-state index is 3.48. The molecule has 0 fully saturated rings. The molecule has 1 aliphatic carbocycles. The molecule has 1 aromatic rings. The van der Waals surface area contributed by atoms with Crippen LogP contribution in [0.5, 0.6) is 0 Å². The molecule has 0 aromatic heterocycles. The van der Waals surface area contributed by atoms with Gasteiger partial charge in [0.25, 0.3) is 0 Å². The fraction of sp³-hybridized carbons (Fsp3) is 0.267. The summed E-state index contributed by atoms with van der Waals surface area (Å²) in [7, 11) is 0. The molecule has 76 valence electrons. The van der Waals surface area contributed by atoms with E-state index in [1.165, 1.54) is 36.0 Å². The van der Waals surface area contributed by atoms with Crippen LogP contribution in [0, 0.1) is 0 Å². The lowest BCUT2D eigenvalue weighted by Gasteiger charge is -2.04. The van der Waals surface area contributed by atoms with Gasteiger partial charge in [-0.3, -0.25) is 0 Å². The van der Waals surface area contributed by atoms with E-state index in [9.17, 15) is 0 Å². The van der Waals surface area contributed by atoms with E-state index in [0.717, 1.165) is 0 Å². The predicted octanol–water partition coefficient (Wildman–Crippen LogP) is 4.36. The molecule has 15 heavy (non-hydrogen) atoms. The maximum atomic E-state index is 3.48. The normalized spacial score (nSPS) is 14.9. The smallest absolute Gasteiger partial charge is 0.00161 e. The Hall–Kier alpha value is -1.52. The summed E-state index contributed by atoms with van der Waals surface area (Å²) in [6.45, 7) is 2.13. The number of allylic oxidation sites excluding steroid dienone is 3. The molecule has 1 aromatic carbocycles. The van der Waals surface area contributed by atoms with E-state index in [4.69, 9.17) is 0 Å². The Kier molecular flexibility index (Phi) is 3.22. The summed E-state index contributed by atoms with van der Waals surface area (Å²) in [6.07, 6.45) is 8.09. The van der Waals surface area contributed by atoms with E-state index in [2.05, 4.69) is 49.1 Å². The molecule has 0 atom stereocenters. The molecule has 0 unspecified atom stereocenters. The minimum Gasteiger partial charge on any atom is -0.114 e. The van der Waals surface area contributed by atoms with Gasteiger partial charge < -0.3 is 0 Å². The highest BCUT2D eigenvalue weighted by molar-refractivity contribution is 5.63. The molecule has 2 rings (SSSR count). The van der Waals surface area contributed by atoms with Crippen LogP contribution in [0.25, 0.3) is 5.57 Å². The summed E-state index contributed by atoms with van der Waals surface area (Å²) < 4.78 is 0. The van der Waals surface area contributed by atoms with Crippen LogP contribution in [0.15, 0.2) is 53.8 Å². The van der Waals surface area contributed by atoms with Crippen molar-refractivity contribution in [2.24, 2.45) is 0 Å². The van der Waals surface area contributed by atoms with Gasteiger partial charge in [-0.1, -0.05) is 42.5 Å². The quantitative estimate of drug-likeness (QED) is 0.585. The summed E-state index contributed by atoms with van der Waals surface area (Å²) in [5, 5.41) is 0. The zero-order chi connectivity index (χ0) is 10.5. The molecule has 0 bridgehead atoms. The topological polar surface area (TPSA) is 0 Å². The minimum atomic E-state index is 1.17. The predicted molar refractivity (Wildman–Crippen MR) is 65.5 cm³/mol. The summed E-state index contributed by atoms with van der Waals surface area (Å²) in [6, 6.07) is 10.5. The number of benzene rings is 1. The highest BCUT2D eigenvalue weighted by atomic mass is 14.0. The summed E-state index contributed by atoms with van der Waals surface area (Å²) >= 11 is 0. The van der Waals surface area contributed by atoms with Crippen LogP contribution in [0.3, 0.4) is 0 Å². The van der Waals surface area contributed by atoms with Crippen molar-refractivity contribution in [3.63, 3.8) is 0 Å². The van der Waals surface area contributed by atoms with Crippen molar-refractivity contribution in [1.82, 2.24) is 0 Å². The molecule has 0 saturated carbocycles. The molecule has 0 aliphatic heterocycles. The average molecular weight is 196 g/mol. The SMILES string of the molecule is CC(=C=C1C=CCCC1)c1ccccc1. The van der Waals surface area contributed by atoms with Gasteiger partial charge in [0.05, 0.1) is 0 Å². The molecule has 0 N–H and O–H groups in total. The second-order valence-electron chi connectivity index (χ2n) is 3.94. The Morgan fingerprint density at radius 2 is 2.00 bits per heavy atom. The first-order chi connectivity index (χ1) is 7.36. The minimum absolute atomic E-state index is 1.17. The zero-order valence-corrected chi connectivity index (χ0v) is 9.16. The fourth-order valence-electron chi connectivity index (χ4n) is 1.82. The number of rotatable bonds is 1. The van der Waals surface area contributed by atoms with E-state index < -0.39 is 0 Å². The van der Waals surface area contributed by atoms with Crippen LogP contribution in [-0.4, -0.2) is 0 Å². The van der Waals surface area contributed by atoms with E-state index in [1.807, 2.05) is 6.07 Å². The second-order valence-corrected chi connectivity index (χ2v) is 3.94. The number of hydrogen-bond acceptors (Lipinski definition) is 0. The lowest BCUT2D eigenvalue weighted by atomic mass is 10.0. The lowest BCUT2D eigenvalue weighted by Crippen LogP contribution is -1.85. The Morgan fingerprint density at radius 1 is 1.20 bits per heavy atom. The van der Waals surface area contributed by atoms with E-state index in [-0.39, 0.29) is 0 Å². The monoisotopic (exact) mass is 196 g/mol. The van der Waals surface area contributed by atoms with Crippen LogP contribution in [0.1, 0.15) is 31.7 Å². The molecule has 0 heterocycles. The maximum Gasteiger partial charge on any atom is -0.00161 e. The molecule has 1 aliphatic rings. The Labute approximate surface area is 91.6 Å². The zero-order valence-electron chi connectivity index (χ0n) is 9.16. The summed E-state index contributed by atoms with van der Waals surface area (Å²) in [5.41, 5.74) is 7.32. The largest absolute Gasteiger partial charge is 0.114 e. The van der Waals surface area contributed by atoms with Crippen LogP contribution in [0.4, 0.5) is 0 Å². The summed E-state index contributed by atoms with van der Waals surface area (Å²) in [5.74, 6) is 0. The van der Waals surface area contributed by atoms with Gasteiger partial charge in [-0.15, -0.1) is 5.73 Å². The van der Waals surface area contributed by atoms with Crippen molar-refractivity contribution >= 4 is 5.57 Å². The van der Waals surface area contributed by atoms with E-state index >= 15 is 0 Å². The molecule has 0 amide bonds. The Bertz CT molecular complexity index is 415. The molecule has 0 radical (unpaired) electrons. The first-order valence-corrected chi connectivity index (χ1v) is 5.54. The summed E-state index contributed by atoms with van der Waals surface area (Å²) in [4.78, 5) is 0. The van der Waals surface area contributed by atoms with Gasteiger partial charge in [-0.2, -0.15) is 0 Å². The van der Waals surface area contributed by atoms with Crippen molar-refractivity contribution < 1.29 is 0 Å². The standard InChI is InChI=1S/C15H16/c1-13(15-10-6-3-7-11-15)12-14-8-4-2-5-9-14/h3-4,6-8,10-11H,2,5,9H2,1H3.